The number of benzene rings is 2. The van der Waals surface area contributed by atoms with Crippen LogP contribution in [-0.2, 0) is 14.9 Å². The minimum Gasteiger partial charge on any atom is -0.450 e. The lowest BCUT2D eigenvalue weighted by molar-refractivity contribution is -0.117. The van der Waals surface area contributed by atoms with Crippen molar-refractivity contribution in [3.05, 3.63) is 59.4 Å². The SMILES string of the molecule is CCOC(=O)N1CCC(N2CCC(CCC(C)=O)(c3cc(-c4ccccc4F)ccc3C)CC2)CC1. The highest BCUT2D eigenvalue weighted by Gasteiger charge is 2.39. The first-order valence-corrected chi connectivity index (χ1v) is 13.3. The van der Waals surface area contributed by atoms with E-state index in [9.17, 15) is 14.0 Å². The Kier molecular flexibility index (Phi) is 8.45. The van der Waals surface area contributed by atoms with Crippen LogP contribution in [0.25, 0.3) is 11.1 Å². The Bertz CT molecular complexity index is 1070. The predicted octanol–water partition coefficient (Wildman–Crippen LogP) is 6.12. The largest absolute Gasteiger partial charge is 0.450 e. The minimum atomic E-state index is -0.214. The third-order valence-electron chi connectivity index (χ3n) is 8.21. The van der Waals surface area contributed by atoms with Crippen molar-refractivity contribution in [1.82, 2.24) is 9.80 Å². The number of nitrogens with zero attached hydrogens (tertiary/aromatic N) is 2. The topological polar surface area (TPSA) is 49.9 Å². The Morgan fingerprint density at radius 3 is 2.39 bits per heavy atom. The van der Waals surface area contributed by atoms with Crippen LogP contribution in [0, 0.1) is 12.7 Å². The van der Waals surface area contributed by atoms with Gasteiger partial charge in [0.05, 0.1) is 6.61 Å². The summed E-state index contributed by atoms with van der Waals surface area (Å²) in [5.41, 5.74) is 3.87. The lowest BCUT2D eigenvalue weighted by Gasteiger charge is -2.47. The van der Waals surface area contributed by atoms with E-state index in [2.05, 4.69) is 24.0 Å². The van der Waals surface area contributed by atoms with E-state index in [0.29, 0.717) is 24.6 Å². The first-order valence-electron chi connectivity index (χ1n) is 13.3. The molecule has 2 heterocycles. The maximum Gasteiger partial charge on any atom is 0.409 e. The average Bonchev–Trinajstić information content (AvgIpc) is 2.89. The van der Waals surface area contributed by atoms with Crippen molar-refractivity contribution in [3.63, 3.8) is 0 Å². The number of hydrogen-bond donors (Lipinski definition) is 0. The summed E-state index contributed by atoms with van der Waals surface area (Å²) in [7, 11) is 0. The zero-order valence-corrected chi connectivity index (χ0v) is 21.9. The van der Waals surface area contributed by atoms with Gasteiger partial charge in [-0.05, 0) is 94.1 Å². The van der Waals surface area contributed by atoms with Crippen molar-refractivity contribution in [2.24, 2.45) is 0 Å². The molecule has 2 fully saturated rings. The molecule has 6 heteroatoms. The van der Waals surface area contributed by atoms with Gasteiger partial charge in [0.1, 0.15) is 11.6 Å². The second kappa shape index (κ2) is 11.5. The third kappa shape index (κ3) is 5.80. The van der Waals surface area contributed by atoms with Crippen molar-refractivity contribution in [2.45, 2.75) is 70.8 Å². The summed E-state index contributed by atoms with van der Waals surface area (Å²) < 4.78 is 19.8. The Morgan fingerprint density at radius 1 is 1.06 bits per heavy atom. The number of piperidine rings is 2. The van der Waals surface area contributed by atoms with Gasteiger partial charge in [0.15, 0.2) is 0 Å². The second-order valence-corrected chi connectivity index (χ2v) is 10.4. The minimum absolute atomic E-state index is 0.0981. The highest BCUT2D eigenvalue weighted by Crippen LogP contribution is 2.43. The summed E-state index contributed by atoms with van der Waals surface area (Å²) in [6, 6.07) is 13.7. The second-order valence-electron chi connectivity index (χ2n) is 10.4. The number of aryl methyl sites for hydroxylation is 1. The van der Waals surface area contributed by atoms with E-state index < -0.39 is 0 Å². The van der Waals surface area contributed by atoms with Crippen LogP contribution in [0.15, 0.2) is 42.5 Å². The number of carbonyl (C=O) groups excluding carboxylic acids is 2. The van der Waals surface area contributed by atoms with Crippen LogP contribution in [-0.4, -0.2) is 60.5 Å². The van der Waals surface area contributed by atoms with Crippen molar-refractivity contribution in [1.29, 1.82) is 0 Å². The van der Waals surface area contributed by atoms with E-state index >= 15 is 0 Å². The molecule has 5 nitrogen and oxygen atoms in total. The molecule has 0 N–H and O–H groups in total. The Hall–Kier alpha value is -2.73. The number of hydrogen-bond acceptors (Lipinski definition) is 4. The van der Waals surface area contributed by atoms with Gasteiger partial charge in [-0.25, -0.2) is 9.18 Å². The highest BCUT2D eigenvalue weighted by molar-refractivity contribution is 5.75. The summed E-state index contributed by atoms with van der Waals surface area (Å²) in [4.78, 5) is 28.5. The van der Waals surface area contributed by atoms with Gasteiger partial charge in [0, 0.05) is 31.1 Å². The average molecular weight is 495 g/mol. The monoisotopic (exact) mass is 494 g/mol. The van der Waals surface area contributed by atoms with E-state index in [0.717, 1.165) is 63.8 Å². The molecule has 0 radical (unpaired) electrons. The molecule has 194 valence electrons. The molecule has 0 spiro atoms. The first-order chi connectivity index (χ1) is 17.3. The molecular weight excluding hydrogens is 455 g/mol. The van der Waals surface area contributed by atoms with Crippen LogP contribution in [0.3, 0.4) is 0 Å². The van der Waals surface area contributed by atoms with E-state index in [1.165, 1.54) is 17.2 Å². The molecule has 0 aromatic heterocycles. The number of carbonyl (C=O) groups is 2. The van der Waals surface area contributed by atoms with Gasteiger partial charge in [-0.15, -0.1) is 0 Å². The number of ketones is 1. The standard InChI is InChI=1S/C30H39FN2O3/c1-4-36-29(35)33-17-12-25(13-18-33)32-19-15-30(16-20-32,14-11-23(3)34)27-21-24(10-9-22(27)2)26-7-5-6-8-28(26)31/h5-10,21,25H,4,11-20H2,1-3H3. The fourth-order valence-corrected chi connectivity index (χ4v) is 6.07. The molecule has 0 atom stereocenters. The molecule has 36 heavy (non-hydrogen) atoms. The smallest absolute Gasteiger partial charge is 0.409 e. The van der Waals surface area contributed by atoms with Gasteiger partial charge in [-0.2, -0.15) is 0 Å². The zero-order chi connectivity index (χ0) is 25.7. The van der Waals surface area contributed by atoms with Crippen LogP contribution >= 0.6 is 0 Å². The molecule has 2 aliphatic rings. The number of rotatable bonds is 7. The van der Waals surface area contributed by atoms with Gasteiger partial charge in [-0.3, -0.25) is 0 Å². The van der Waals surface area contributed by atoms with Crippen molar-refractivity contribution >= 4 is 11.9 Å². The Labute approximate surface area is 214 Å². The molecule has 0 unspecified atom stereocenters. The molecule has 4 rings (SSSR count). The first kappa shape index (κ1) is 26.3. The Balaban J connectivity index is 1.52. The molecule has 0 saturated carbocycles. The van der Waals surface area contributed by atoms with Gasteiger partial charge in [0.2, 0.25) is 0 Å². The lowest BCUT2D eigenvalue weighted by Crippen LogP contribution is -2.51. The van der Waals surface area contributed by atoms with Crippen LogP contribution in [0.4, 0.5) is 9.18 Å². The zero-order valence-electron chi connectivity index (χ0n) is 21.9. The van der Waals surface area contributed by atoms with Crippen LogP contribution in [0.2, 0.25) is 0 Å². The maximum atomic E-state index is 14.6. The van der Waals surface area contributed by atoms with Gasteiger partial charge >= 0.3 is 6.09 Å². The van der Waals surface area contributed by atoms with E-state index in [4.69, 9.17) is 4.74 Å². The Morgan fingerprint density at radius 2 is 1.75 bits per heavy atom. The van der Waals surface area contributed by atoms with E-state index in [1.807, 2.05) is 30.0 Å². The van der Waals surface area contributed by atoms with Crippen LogP contribution in [0.1, 0.15) is 63.5 Å². The molecule has 2 aromatic carbocycles. The quantitative estimate of drug-likeness (QED) is 0.465. The molecule has 2 aliphatic heterocycles. The summed E-state index contributed by atoms with van der Waals surface area (Å²) in [6.07, 6.45) is 5.03. The lowest BCUT2D eigenvalue weighted by atomic mass is 9.67. The highest BCUT2D eigenvalue weighted by atomic mass is 19.1. The van der Waals surface area contributed by atoms with Crippen LogP contribution in [0.5, 0.6) is 0 Å². The molecule has 0 bridgehead atoms. The summed E-state index contributed by atoms with van der Waals surface area (Å²) in [5.74, 6) is 0.000113. The van der Waals surface area contributed by atoms with Crippen LogP contribution < -0.4 is 0 Å². The number of likely N-dealkylation sites (tertiary alicyclic amines) is 2. The summed E-state index contributed by atoms with van der Waals surface area (Å²) >= 11 is 0. The normalized spacial score (nSPS) is 18.7. The van der Waals surface area contributed by atoms with Gasteiger partial charge in [-0.1, -0.05) is 36.4 Å². The van der Waals surface area contributed by atoms with Crippen molar-refractivity contribution in [3.8, 4) is 11.1 Å². The predicted molar refractivity (Wildman–Crippen MR) is 141 cm³/mol. The fraction of sp³-hybridized carbons (Fsp3) is 0.533. The maximum absolute atomic E-state index is 14.6. The summed E-state index contributed by atoms with van der Waals surface area (Å²) in [6.45, 7) is 9.45. The van der Waals surface area contributed by atoms with E-state index in [-0.39, 0.29) is 23.1 Å². The number of amides is 1. The fourth-order valence-electron chi connectivity index (χ4n) is 6.07. The van der Waals surface area contributed by atoms with E-state index in [1.54, 1.807) is 13.0 Å². The van der Waals surface area contributed by atoms with Gasteiger partial charge < -0.3 is 19.3 Å². The summed E-state index contributed by atoms with van der Waals surface area (Å²) in [5, 5.41) is 0. The number of ether oxygens (including phenoxy) is 1. The third-order valence-corrected chi connectivity index (χ3v) is 8.21. The number of Topliss-reactive ketones (excluding diaryl/α,β-unsaturated/α-hetero) is 1. The number of halogens is 1. The molecule has 0 aliphatic carbocycles. The van der Waals surface area contributed by atoms with Gasteiger partial charge in [0.25, 0.3) is 0 Å². The molecule has 2 saturated heterocycles. The molecule has 2 aromatic rings. The van der Waals surface area contributed by atoms with Crippen molar-refractivity contribution < 1.29 is 18.7 Å². The molecule has 1 amide bonds. The van der Waals surface area contributed by atoms with Crippen molar-refractivity contribution in [2.75, 3.05) is 32.8 Å². The molecular formula is C30H39FN2O3.